The van der Waals surface area contributed by atoms with Gasteiger partial charge in [0.1, 0.15) is 5.54 Å². The zero-order valence-electron chi connectivity index (χ0n) is 25.0. The summed E-state index contributed by atoms with van der Waals surface area (Å²) in [7, 11) is 1.98. The molecule has 2 N–H and O–H groups in total. The molecule has 4 amide bonds. The first-order chi connectivity index (χ1) is 21.3. The highest BCUT2D eigenvalue weighted by Crippen LogP contribution is 2.38. The van der Waals surface area contributed by atoms with E-state index in [-0.39, 0.29) is 24.5 Å². The fraction of sp³-hybridized carbons (Fsp3) is 0.464. The minimum Gasteiger partial charge on any atom is -0.475 e. The van der Waals surface area contributed by atoms with Gasteiger partial charge < -0.3 is 25.0 Å². The summed E-state index contributed by atoms with van der Waals surface area (Å²) in [4.78, 5) is 58.8. The van der Waals surface area contributed by atoms with Crippen LogP contribution in [0, 0.1) is 0 Å². The maximum Gasteiger partial charge on any atom is 0.573 e. The van der Waals surface area contributed by atoms with E-state index >= 15 is 0 Å². The molecule has 4 rings (SSSR count). The normalized spacial score (nSPS) is 17.7. The van der Waals surface area contributed by atoms with Gasteiger partial charge in [0, 0.05) is 32.0 Å². The van der Waals surface area contributed by atoms with Crippen molar-refractivity contribution in [2.45, 2.75) is 44.9 Å². The molecule has 0 atom stereocenters. The van der Waals surface area contributed by atoms with E-state index in [2.05, 4.69) is 19.9 Å². The van der Waals surface area contributed by atoms with Gasteiger partial charge in [-0.3, -0.25) is 19.5 Å². The number of aromatic nitrogens is 1. The van der Waals surface area contributed by atoms with Crippen molar-refractivity contribution in [1.29, 1.82) is 0 Å². The van der Waals surface area contributed by atoms with Crippen LogP contribution in [0.15, 0.2) is 42.7 Å². The predicted octanol–water partition coefficient (Wildman–Crippen LogP) is 3.94. The Balaban J connectivity index is 0.000000738. The van der Waals surface area contributed by atoms with Gasteiger partial charge in [-0.2, -0.15) is 13.2 Å². The number of carboxylic acids is 1. The maximum atomic E-state index is 13.4. The molecule has 2 fully saturated rings. The third-order valence-electron chi connectivity index (χ3n) is 7.06. The zero-order chi connectivity index (χ0) is 34.4. The number of likely N-dealkylation sites (N-methyl/N-ethyl adjacent to an activating group) is 1. The van der Waals surface area contributed by atoms with Crippen molar-refractivity contribution in [3.63, 3.8) is 0 Å². The lowest BCUT2D eigenvalue weighted by Gasteiger charge is -2.27. The first-order valence-corrected chi connectivity index (χ1v) is 13.8. The van der Waals surface area contributed by atoms with E-state index in [1.807, 2.05) is 11.9 Å². The first kappa shape index (κ1) is 36.0. The summed E-state index contributed by atoms with van der Waals surface area (Å²) in [6.07, 6.45) is -6.10. The smallest absolute Gasteiger partial charge is 0.475 e. The van der Waals surface area contributed by atoms with E-state index < -0.39 is 47.6 Å². The number of nitrogens with one attached hydrogen (secondary N) is 1. The van der Waals surface area contributed by atoms with E-state index in [9.17, 15) is 40.7 Å². The second kappa shape index (κ2) is 14.3. The number of benzene rings is 1. The highest BCUT2D eigenvalue weighted by Gasteiger charge is 2.52. The summed E-state index contributed by atoms with van der Waals surface area (Å²) in [5.41, 5.74) is -0.767. The Hall–Kier alpha value is -4.45. The largest absolute Gasteiger partial charge is 0.573 e. The van der Waals surface area contributed by atoms with E-state index in [0.717, 1.165) is 42.1 Å². The summed E-state index contributed by atoms with van der Waals surface area (Å²) in [6, 6.07) is 6.11. The number of nitrogens with zero attached hydrogens (tertiary/aromatic N) is 5. The molecule has 0 radical (unpaired) electrons. The molecule has 2 aliphatic rings. The number of hydrogen-bond donors (Lipinski definition) is 2. The summed E-state index contributed by atoms with van der Waals surface area (Å²) in [6.45, 7) is 6.23. The second-order valence-corrected chi connectivity index (χ2v) is 10.9. The number of anilines is 2. The van der Waals surface area contributed by atoms with Crippen LogP contribution < -0.4 is 15.0 Å². The maximum absolute atomic E-state index is 13.4. The molecule has 18 heteroatoms. The Bertz CT molecular complexity index is 1420. The number of rotatable bonds is 7. The molecule has 2 saturated heterocycles. The Kier molecular flexibility index (Phi) is 11.2. The van der Waals surface area contributed by atoms with Crippen molar-refractivity contribution in [1.82, 2.24) is 19.7 Å². The molecule has 46 heavy (non-hydrogen) atoms. The van der Waals surface area contributed by atoms with Gasteiger partial charge >= 0.3 is 24.5 Å². The van der Waals surface area contributed by atoms with Crippen LogP contribution in [0.5, 0.6) is 5.75 Å². The van der Waals surface area contributed by atoms with Crippen molar-refractivity contribution in [2.24, 2.45) is 0 Å². The van der Waals surface area contributed by atoms with Crippen molar-refractivity contribution < 1.29 is 55.4 Å². The average Bonchev–Trinajstić information content (AvgIpc) is 3.06. The Morgan fingerprint density at radius 2 is 1.63 bits per heavy atom. The highest BCUT2D eigenvalue weighted by atomic mass is 19.4. The molecule has 12 nitrogen and oxygen atoms in total. The third-order valence-corrected chi connectivity index (χ3v) is 7.06. The molecule has 2 aliphatic heterocycles. The van der Waals surface area contributed by atoms with Crippen LogP contribution in [0.4, 0.5) is 42.5 Å². The molecular weight excluding hydrogens is 630 g/mol. The van der Waals surface area contributed by atoms with E-state index in [1.165, 1.54) is 11.0 Å². The van der Waals surface area contributed by atoms with Gasteiger partial charge in [0.15, 0.2) is 5.75 Å². The molecule has 1 aromatic carbocycles. The lowest BCUT2D eigenvalue weighted by molar-refractivity contribution is -0.274. The number of aliphatic carboxylic acids is 1. The molecule has 252 valence electrons. The van der Waals surface area contributed by atoms with Crippen LogP contribution in [-0.4, -0.2) is 106 Å². The molecule has 3 heterocycles. The van der Waals surface area contributed by atoms with Crippen molar-refractivity contribution in [3.8, 4) is 5.75 Å². The van der Waals surface area contributed by atoms with Gasteiger partial charge in [-0.15, -0.1) is 13.2 Å². The number of alkyl halides is 6. The van der Waals surface area contributed by atoms with Crippen molar-refractivity contribution in [2.75, 3.05) is 50.0 Å². The summed E-state index contributed by atoms with van der Waals surface area (Å²) >= 11 is 0. The minimum atomic E-state index is -5.08. The van der Waals surface area contributed by atoms with Crippen LogP contribution in [0.3, 0.4) is 0 Å². The SMILES string of the molecule is CN1CCCN(CC(=O)Nc2cc(N3C(=O)N(Cc4ccncc4)C(C)(C)C3=O)ccc2OC(F)(F)F)CC1.O=C(O)C(F)(F)F. The van der Waals surface area contributed by atoms with E-state index in [1.54, 1.807) is 38.4 Å². The van der Waals surface area contributed by atoms with Crippen LogP contribution in [0.2, 0.25) is 0 Å². The second-order valence-electron chi connectivity index (χ2n) is 10.9. The fourth-order valence-electron chi connectivity index (χ4n) is 4.62. The number of amides is 4. The molecule has 0 spiro atoms. The number of pyridine rings is 1. The van der Waals surface area contributed by atoms with Gasteiger partial charge in [-0.1, -0.05) is 0 Å². The topological polar surface area (TPSA) is 136 Å². The number of carbonyl (C=O) groups excluding carboxylic acids is 3. The standard InChI is InChI=1S/C26H31F3N6O4.C2HF3O2/c1-25(2)23(37)35(24(38)34(25)16-18-7-9-30-10-8-18)19-5-6-21(39-26(27,28)29)20(15-19)31-22(36)17-33-12-4-11-32(3)13-14-33;3-2(4,5)1(6)7/h5-10,15H,4,11-14,16-17H2,1-3H3,(H,31,36);(H,6,7). The molecule has 0 bridgehead atoms. The number of urea groups is 1. The quantitative estimate of drug-likeness (QED) is 0.334. The number of hydrogen-bond acceptors (Lipinski definition) is 8. The Morgan fingerprint density at radius 3 is 2.22 bits per heavy atom. The van der Waals surface area contributed by atoms with Gasteiger partial charge in [0.25, 0.3) is 5.91 Å². The fourth-order valence-corrected chi connectivity index (χ4v) is 4.62. The van der Waals surface area contributed by atoms with Crippen LogP contribution in [0.1, 0.15) is 25.8 Å². The number of carboxylic acid groups (broad SMARTS) is 1. The van der Waals surface area contributed by atoms with E-state index in [4.69, 9.17) is 9.90 Å². The Labute approximate surface area is 259 Å². The van der Waals surface area contributed by atoms with Crippen molar-refractivity contribution in [3.05, 3.63) is 48.3 Å². The number of halogens is 6. The van der Waals surface area contributed by atoms with Crippen molar-refractivity contribution >= 4 is 35.2 Å². The summed E-state index contributed by atoms with van der Waals surface area (Å²) in [5.74, 6) is -4.51. The molecule has 0 saturated carbocycles. The van der Waals surface area contributed by atoms with Gasteiger partial charge in [0.2, 0.25) is 5.91 Å². The lowest BCUT2D eigenvalue weighted by Crippen LogP contribution is -2.43. The highest BCUT2D eigenvalue weighted by molar-refractivity contribution is 6.23. The van der Waals surface area contributed by atoms with Crippen LogP contribution >= 0.6 is 0 Å². The predicted molar refractivity (Wildman–Crippen MR) is 151 cm³/mol. The number of carbonyl (C=O) groups is 4. The van der Waals surface area contributed by atoms with Gasteiger partial charge in [0.05, 0.1) is 17.9 Å². The average molecular weight is 663 g/mol. The number of ether oxygens (including phenoxy) is 1. The van der Waals surface area contributed by atoms with Gasteiger partial charge in [-0.05, 0) is 76.3 Å². The molecule has 2 aromatic rings. The van der Waals surface area contributed by atoms with Crippen LogP contribution in [0.25, 0.3) is 0 Å². The zero-order valence-corrected chi connectivity index (χ0v) is 25.0. The molecule has 1 aromatic heterocycles. The summed E-state index contributed by atoms with van der Waals surface area (Å²) < 4.78 is 75.2. The number of imide groups is 1. The van der Waals surface area contributed by atoms with Gasteiger partial charge in [-0.25, -0.2) is 14.5 Å². The molecular formula is C28H32F6N6O6. The van der Waals surface area contributed by atoms with Crippen LogP contribution in [-0.2, 0) is 20.9 Å². The monoisotopic (exact) mass is 662 g/mol. The first-order valence-electron chi connectivity index (χ1n) is 13.8. The molecule has 0 unspecified atom stereocenters. The minimum absolute atomic E-state index is 0.0107. The Morgan fingerprint density at radius 1 is 1.00 bits per heavy atom. The summed E-state index contributed by atoms with van der Waals surface area (Å²) in [5, 5.41) is 9.61. The molecule has 0 aliphatic carbocycles. The van der Waals surface area contributed by atoms with E-state index in [0.29, 0.717) is 13.1 Å². The third kappa shape index (κ3) is 9.53. The lowest BCUT2D eigenvalue weighted by atomic mass is 10.0.